The van der Waals surface area contributed by atoms with Crippen molar-refractivity contribution in [2.75, 3.05) is 25.9 Å². The molecule has 1 nitrogen and oxygen atoms in total. The van der Waals surface area contributed by atoms with Gasteiger partial charge >= 0.3 is 0 Å². The minimum Gasteiger partial charge on any atom is -0.301 e. The SMILES string of the molecule is C#CCCN1CCC(SC)C1. The molecule has 1 atom stereocenters. The quantitative estimate of drug-likeness (QED) is 0.588. The summed E-state index contributed by atoms with van der Waals surface area (Å²) in [5.74, 6) is 2.68. The molecule has 2 heteroatoms. The Morgan fingerprint density at radius 2 is 2.55 bits per heavy atom. The fraction of sp³-hybridized carbons (Fsp3) is 0.778. The Kier molecular flexibility index (Phi) is 3.82. The molecule has 1 aliphatic rings. The second-order valence-electron chi connectivity index (χ2n) is 2.90. The molecule has 1 saturated heterocycles. The zero-order valence-corrected chi connectivity index (χ0v) is 7.86. The van der Waals surface area contributed by atoms with Gasteiger partial charge in [-0.05, 0) is 19.2 Å². The number of terminal acetylenes is 1. The predicted molar refractivity (Wildman–Crippen MR) is 51.8 cm³/mol. The van der Waals surface area contributed by atoms with Crippen molar-refractivity contribution in [2.24, 2.45) is 0 Å². The van der Waals surface area contributed by atoms with Crippen LogP contribution in [-0.4, -0.2) is 36.0 Å². The van der Waals surface area contributed by atoms with Crippen LogP contribution in [0, 0.1) is 12.3 Å². The topological polar surface area (TPSA) is 3.24 Å². The lowest BCUT2D eigenvalue weighted by Gasteiger charge is -2.12. The van der Waals surface area contributed by atoms with Gasteiger partial charge in [0.25, 0.3) is 0 Å². The maximum Gasteiger partial charge on any atom is 0.0214 e. The van der Waals surface area contributed by atoms with Crippen LogP contribution >= 0.6 is 11.8 Å². The first kappa shape index (κ1) is 8.96. The zero-order chi connectivity index (χ0) is 8.10. The summed E-state index contributed by atoms with van der Waals surface area (Å²) in [6.45, 7) is 3.57. The summed E-state index contributed by atoms with van der Waals surface area (Å²) < 4.78 is 0. The van der Waals surface area contributed by atoms with Crippen LogP contribution in [0.3, 0.4) is 0 Å². The number of hydrogen-bond acceptors (Lipinski definition) is 2. The fourth-order valence-corrected chi connectivity index (χ4v) is 2.12. The molecule has 0 bridgehead atoms. The van der Waals surface area contributed by atoms with Gasteiger partial charge in [-0.25, -0.2) is 0 Å². The standard InChI is InChI=1S/C9H15NS/c1-3-4-6-10-7-5-9(8-10)11-2/h1,9H,4-8H2,2H3. The Hall–Kier alpha value is -0.130. The molecular formula is C9H15NS. The van der Waals surface area contributed by atoms with Gasteiger partial charge in [-0.3, -0.25) is 0 Å². The average Bonchev–Trinajstić information content (AvgIpc) is 2.48. The molecule has 1 heterocycles. The van der Waals surface area contributed by atoms with Gasteiger partial charge < -0.3 is 4.90 Å². The van der Waals surface area contributed by atoms with Crippen LogP contribution in [0.2, 0.25) is 0 Å². The Morgan fingerprint density at radius 1 is 1.73 bits per heavy atom. The van der Waals surface area contributed by atoms with Crippen molar-refractivity contribution < 1.29 is 0 Å². The van der Waals surface area contributed by atoms with Crippen LogP contribution in [0.4, 0.5) is 0 Å². The summed E-state index contributed by atoms with van der Waals surface area (Å²) in [6.07, 6.45) is 9.62. The van der Waals surface area contributed by atoms with E-state index in [9.17, 15) is 0 Å². The summed E-state index contributed by atoms with van der Waals surface area (Å²) in [4.78, 5) is 2.46. The largest absolute Gasteiger partial charge is 0.301 e. The summed E-state index contributed by atoms with van der Waals surface area (Å²) >= 11 is 1.98. The van der Waals surface area contributed by atoms with E-state index in [0.29, 0.717) is 0 Å². The fourth-order valence-electron chi connectivity index (χ4n) is 1.42. The summed E-state index contributed by atoms with van der Waals surface area (Å²) in [7, 11) is 0. The van der Waals surface area contributed by atoms with E-state index in [1.165, 1.54) is 19.5 Å². The lowest BCUT2D eigenvalue weighted by atomic mass is 10.4. The van der Waals surface area contributed by atoms with E-state index in [-0.39, 0.29) is 0 Å². The average molecular weight is 169 g/mol. The molecule has 0 aromatic carbocycles. The van der Waals surface area contributed by atoms with Crippen LogP contribution in [0.25, 0.3) is 0 Å². The number of rotatable bonds is 3. The second kappa shape index (κ2) is 4.69. The highest BCUT2D eigenvalue weighted by atomic mass is 32.2. The third-order valence-electron chi connectivity index (χ3n) is 2.13. The molecule has 11 heavy (non-hydrogen) atoms. The van der Waals surface area contributed by atoms with Crippen molar-refractivity contribution in [3.63, 3.8) is 0 Å². The zero-order valence-electron chi connectivity index (χ0n) is 7.05. The highest BCUT2D eigenvalue weighted by Crippen LogP contribution is 2.19. The van der Waals surface area contributed by atoms with Gasteiger partial charge in [0.1, 0.15) is 0 Å². The molecule has 0 radical (unpaired) electrons. The molecule has 0 spiro atoms. The van der Waals surface area contributed by atoms with E-state index >= 15 is 0 Å². The van der Waals surface area contributed by atoms with Crippen LogP contribution in [-0.2, 0) is 0 Å². The first-order valence-corrected chi connectivity index (χ1v) is 5.34. The molecule has 62 valence electrons. The van der Waals surface area contributed by atoms with Crippen molar-refractivity contribution in [2.45, 2.75) is 18.1 Å². The normalized spacial score (nSPS) is 25.3. The van der Waals surface area contributed by atoms with E-state index in [2.05, 4.69) is 17.1 Å². The van der Waals surface area contributed by atoms with Crippen molar-refractivity contribution >= 4 is 11.8 Å². The van der Waals surface area contributed by atoms with Crippen LogP contribution < -0.4 is 0 Å². The molecule has 1 rings (SSSR count). The summed E-state index contributed by atoms with van der Waals surface area (Å²) in [5, 5.41) is 0.854. The van der Waals surface area contributed by atoms with Gasteiger partial charge in [-0.2, -0.15) is 11.8 Å². The van der Waals surface area contributed by atoms with Crippen molar-refractivity contribution in [3.05, 3.63) is 0 Å². The molecule has 0 saturated carbocycles. The van der Waals surface area contributed by atoms with E-state index in [0.717, 1.165) is 18.2 Å². The van der Waals surface area contributed by atoms with Gasteiger partial charge in [0.05, 0.1) is 0 Å². The van der Waals surface area contributed by atoms with Crippen molar-refractivity contribution in [3.8, 4) is 12.3 Å². The lowest BCUT2D eigenvalue weighted by molar-refractivity contribution is 0.349. The highest BCUT2D eigenvalue weighted by molar-refractivity contribution is 7.99. The second-order valence-corrected chi connectivity index (χ2v) is 4.04. The van der Waals surface area contributed by atoms with Crippen molar-refractivity contribution in [1.29, 1.82) is 0 Å². The highest BCUT2D eigenvalue weighted by Gasteiger charge is 2.20. The first-order chi connectivity index (χ1) is 5.36. The van der Waals surface area contributed by atoms with E-state index in [1.807, 2.05) is 11.8 Å². The molecule has 0 N–H and O–H groups in total. The summed E-state index contributed by atoms with van der Waals surface area (Å²) in [6, 6.07) is 0. The molecule has 1 unspecified atom stereocenters. The third-order valence-corrected chi connectivity index (χ3v) is 3.19. The number of hydrogen-bond donors (Lipinski definition) is 0. The van der Waals surface area contributed by atoms with Gasteiger partial charge in [0, 0.05) is 24.8 Å². The minimum atomic E-state index is 0.854. The Balaban J connectivity index is 2.15. The van der Waals surface area contributed by atoms with Gasteiger partial charge in [-0.15, -0.1) is 12.3 Å². The Labute approximate surface area is 73.5 Å². The van der Waals surface area contributed by atoms with Gasteiger partial charge in [0.2, 0.25) is 0 Å². The molecule has 0 aliphatic carbocycles. The monoisotopic (exact) mass is 169 g/mol. The molecule has 1 fully saturated rings. The maximum absolute atomic E-state index is 5.19. The van der Waals surface area contributed by atoms with Crippen LogP contribution in [0.5, 0.6) is 0 Å². The molecule has 1 aliphatic heterocycles. The number of thioether (sulfide) groups is 1. The van der Waals surface area contributed by atoms with Crippen molar-refractivity contribution in [1.82, 2.24) is 4.90 Å². The van der Waals surface area contributed by atoms with E-state index in [4.69, 9.17) is 6.42 Å². The number of nitrogens with zero attached hydrogens (tertiary/aromatic N) is 1. The molecule has 0 amide bonds. The summed E-state index contributed by atoms with van der Waals surface area (Å²) in [5.41, 5.74) is 0. The Bertz CT molecular complexity index is 150. The van der Waals surface area contributed by atoms with Gasteiger partial charge in [-0.1, -0.05) is 0 Å². The minimum absolute atomic E-state index is 0.854. The van der Waals surface area contributed by atoms with E-state index < -0.39 is 0 Å². The number of likely N-dealkylation sites (tertiary alicyclic amines) is 1. The molecule has 0 aromatic rings. The maximum atomic E-state index is 5.19. The Morgan fingerprint density at radius 3 is 3.09 bits per heavy atom. The predicted octanol–water partition coefficient (Wildman–Crippen LogP) is 1.45. The first-order valence-electron chi connectivity index (χ1n) is 4.05. The van der Waals surface area contributed by atoms with Crippen LogP contribution in [0.1, 0.15) is 12.8 Å². The lowest BCUT2D eigenvalue weighted by Crippen LogP contribution is -2.22. The molecular weight excluding hydrogens is 154 g/mol. The van der Waals surface area contributed by atoms with E-state index in [1.54, 1.807) is 0 Å². The smallest absolute Gasteiger partial charge is 0.0214 e. The van der Waals surface area contributed by atoms with Crippen LogP contribution in [0.15, 0.2) is 0 Å². The molecule has 0 aromatic heterocycles. The third kappa shape index (κ3) is 2.76. The van der Waals surface area contributed by atoms with Gasteiger partial charge in [0.15, 0.2) is 0 Å².